The van der Waals surface area contributed by atoms with Gasteiger partial charge in [-0.3, -0.25) is 24.2 Å². The van der Waals surface area contributed by atoms with E-state index in [2.05, 4.69) is 14.3 Å². The predicted molar refractivity (Wildman–Crippen MR) is 149 cm³/mol. The number of carboxylic acids is 1. The molecule has 1 aliphatic rings. The van der Waals surface area contributed by atoms with Crippen molar-refractivity contribution in [2.24, 2.45) is 5.92 Å². The number of carbonyl (C=O) groups is 3. The first-order chi connectivity index (χ1) is 18.9. The van der Waals surface area contributed by atoms with Gasteiger partial charge in [0.25, 0.3) is 0 Å². The molecular weight excluding hydrogens is 514 g/mol. The minimum atomic E-state index is -1.03. The van der Waals surface area contributed by atoms with Crippen LogP contribution in [0.5, 0.6) is 0 Å². The number of rotatable bonds is 9. The Morgan fingerprint density at radius 1 is 1.05 bits per heavy atom. The highest BCUT2D eigenvalue weighted by molar-refractivity contribution is 7.10. The molecule has 1 N–H and O–H groups in total. The van der Waals surface area contributed by atoms with Crippen LogP contribution in [0.15, 0.2) is 72.9 Å². The number of hydrogen-bond donors (Lipinski definition) is 1. The first-order valence-electron chi connectivity index (χ1n) is 12.6. The number of aliphatic carboxylic acids is 1. The van der Waals surface area contributed by atoms with Gasteiger partial charge in [-0.1, -0.05) is 54.6 Å². The van der Waals surface area contributed by atoms with Gasteiger partial charge in [0.1, 0.15) is 5.82 Å². The third-order valence-electron chi connectivity index (χ3n) is 6.70. The van der Waals surface area contributed by atoms with E-state index in [1.54, 1.807) is 18.1 Å². The Morgan fingerprint density at radius 2 is 1.79 bits per heavy atom. The van der Waals surface area contributed by atoms with E-state index < -0.39 is 11.9 Å². The standard InChI is InChI=1S/C29H27N5O4S/c1-33(28(38)21(17-26(36)37)16-19-8-3-2-4-9-19)29-31-27(32-39-29)23-11-6-5-10-22(23)20-13-14-24(30-18-20)34-15-7-12-25(34)35/h2-6,8-11,13-14,18,21H,7,12,15-17H2,1H3,(H,36,37). The highest BCUT2D eigenvalue weighted by atomic mass is 32.1. The van der Waals surface area contributed by atoms with Crippen LogP contribution >= 0.6 is 11.5 Å². The molecule has 0 aliphatic carbocycles. The molecule has 198 valence electrons. The van der Waals surface area contributed by atoms with Gasteiger partial charge in [0.15, 0.2) is 5.82 Å². The molecule has 2 aromatic carbocycles. The Labute approximate surface area is 229 Å². The van der Waals surface area contributed by atoms with Crippen molar-refractivity contribution in [3.05, 3.63) is 78.5 Å². The average molecular weight is 542 g/mol. The number of anilines is 2. The molecule has 1 saturated heterocycles. The van der Waals surface area contributed by atoms with E-state index in [9.17, 15) is 19.5 Å². The fourth-order valence-corrected chi connectivity index (χ4v) is 5.36. The van der Waals surface area contributed by atoms with E-state index in [0.29, 0.717) is 36.2 Å². The summed E-state index contributed by atoms with van der Waals surface area (Å²) >= 11 is 1.08. The van der Waals surface area contributed by atoms with Gasteiger partial charge in [-0.05, 0) is 36.1 Å². The van der Waals surface area contributed by atoms with E-state index in [1.807, 2.05) is 66.7 Å². The fourth-order valence-electron chi connectivity index (χ4n) is 4.71. The molecular formula is C29H27N5O4S. The lowest BCUT2D eigenvalue weighted by Gasteiger charge is -2.20. The molecule has 1 atom stereocenters. The van der Waals surface area contributed by atoms with Crippen LogP contribution in [-0.2, 0) is 20.8 Å². The summed E-state index contributed by atoms with van der Waals surface area (Å²) in [5, 5.41) is 9.81. The topological polar surface area (TPSA) is 117 Å². The summed E-state index contributed by atoms with van der Waals surface area (Å²) in [6.45, 7) is 0.679. The number of carbonyl (C=O) groups excluding carboxylic acids is 2. The molecule has 1 aliphatic heterocycles. The van der Waals surface area contributed by atoms with Crippen LogP contribution < -0.4 is 9.80 Å². The van der Waals surface area contributed by atoms with Crippen LogP contribution in [0.25, 0.3) is 22.5 Å². The summed E-state index contributed by atoms with van der Waals surface area (Å²) in [5.41, 5.74) is 3.40. The van der Waals surface area contributed by atoms with Crippen molar-refractivity contribution in [1.82, 2.24) is 14.3 Å². The highest BCUT2D eigenvalue weighted by Crippen LogP contribution is 2.33. The second kappa shape index (κ2) is 11.5. The molecule has 0 saturated carbocycles. The molecule has 0 radical (unpaired) electrons. The average Bonchev–Trinajstić information content (AvgIpc) is 3.62. The van der Waals surface area contributed by atoms with E-state index in [4.69, 9.17) is 0 Å². The van der Waals surface area contributed by atoms with E-state index >= 15 is 0 Å². The molecule has 2 amide bonds. The zero-order valence-corrected chi connectivity index (χ0v) is 22.2. The summed E-state index contributed by atoms with van der Waals surface area (Å²) in [6.07, 6.45) is 3.16. The zero-order chi connectivity index (χ0) is 27.4. The zero-order valence-electron chi connectivity index (χ0n) is 21.4. The summed E-state index contributed by atoms with van der Waals surface area (Å²) < 4.78 is 4.52. The minimum Gasteiger partial charge on any atom is -0.481 e. The lowest BCUT2D eigenvalue weighted by molar-refractivity contribution is -0.140. The van der Waals surface area contributed by atoms with Crippen LogP contribution in [0, 0.1) is 5.92 Å². The first-order valence-corrected chi connectivity index (χ1v) is 13.4. The van der Waals surface area contributed by atoms with Crippen LogP contribution in [-0.4, -0.2) is 50.8 Å². The number of pyridine rings is 1. The Bertz CT molecular complexity index is 1490. The maximum Gasteiger partial charge on any atom is 0.304 e. The van der Waals surface area contributed by atoms with Gasteiger partial charge >= 0.3 is 5.97 Å². The number of aromatic nitrogens is 3. The highest BCUT2D eigenvalue weighted by Gasteiger charge is 2.28. The van der Waals surface area contributed by atoms with Crippen molar-refractivity contribution in [1.29, 1.82) is 0 Å². The maximum absolute atomic E-state index is 13.3. The largest absolute Gasteiger partial charge is 0.481 e. The number of hydrogen-bond acceptors (Lipinski definition) is 7. The predicted octanol–water partition coefficient (Wildman–Crippen LogP) is 4.69. The van der Waals surface area contributed by atoms with Gasteiger partial charge in [-0.2, -0.15) is 9.36 Å². The Balaban J connectivity index is 1.37. The lowest BCUT2D eigenvalue weighted by Crippen LogP contribution is -2.35. The van der Waals surface area contributed by atoms with E-state index in [0.717, 1.165) is 40.2 Å². The van der Waals surface area contributed by atoms with Crippen molar-refractivity contribution in [3.8, 4) is 22.5 Å². The van der Waals surface area contributed by atoms with E-state index in [-0.39, 0.29) is 18.2 Å². The van der Waals surface area contributed by atoms with Crippen molar-refractivity contribution in [2.45, 2.75) is 25.7 Å². The number of amides is 2. The smallest absolute Gasteiger partial charge is 0.304 e. The molecule has 9 nitrogen and oxygen atoms in total. The fraction of sp³-hybridized carbons (Fsp3) is 0.241. The van der Waals surface area contributed by atoms with Gasteiger partial charge in [-0.25, -0.2) is 4.98 Å². The molecule has 0 spiro atoms. The molecule has 3 heterocycles. The van der Waals surface area contributed by atoms with Crippen molar-refractivity contribution in [3.63, 3.8) is 0 Å². The van der Waals surface area contributed by atoms with Crippen molar-refractivity contribution in [2.75, 3.05) is 23.4 Å². The number of carboxylic acid groups (broad SMARTS) is 1. The second-order valence-corrected chi connectivity index (χ2v) is 10.1. The number of nitrogens with zero attached hydrogens (tertiary/aromatic N) is 5. The third kappa shape index (κ3) is 5.85. The SMILES string of the molecule is CN(C(=O)C(CC(=O)O)Cc1ccccc1)c1nc(-c2ccccc2-c2ccc(N3CCCC3=O)nc2)ns1. The molecule has 1 fully saturated rings. The second-order valence-electron chi connectivity index (χ2n) is 9.38. The van der Waals surface area contributed by atoms with Gasteiger partial charge in [0.2, 0.25) is 16.9 Å². The molecule has 39 heavy (non-hydrogen) atoms. The van der Waals surface area contributed by atoms with Gasteiger partial charge < -0.3 is 5.11 Å². The quantitative estimate of drug-likeness (QED) is 0.327. The van der Waals surface area contributed by atoms with Gasteiger partial charge in [0.05, 0.1) is 12.3 Å². The monoisotopic (exact) mass is 541 g/mol. The Morgan fingerprint density at radius 3 is 2.46 bits per heavy atom. The van der Waals surface area contributed by atoms with Crippen LogP contribution in [0.2, 0.25) is 0 Å². The Kier molecular flexibility index (Phi) is 7.74. The molecule has 0 bridgehead atoms. The summed E-state index contributed by atoms with van der Waals surface area (Å²) in [4.78, 5) is 49.2. The first kappa shape index (κ1) is 26.2. The van der Waals surface area contributed by atoms with Crippen LogP contribution in [0.1, 0.15) is 24.8 Å². The number of benzene rings is 2. The van der Waals surface area contributed by atoms with Crippen LogP contribution in [0.4, 0.5) is 10.9 Å². The minimum absolute atomic E-state index is 0.0860. The molecule has 4 aromatic rings. The molecule has 2 aromatic heterocycles. The van der Waals surface area contributed by atoms with Crippen LogP contribution in [0.3, 0.4) is 0 Å². The lowest BCUT2D eigenvalue weighted by atomic mass is 9.95. The summed E-state index contributed by atoms with van der Waals surface area (Å²) in [6, 6.07) is 20.8. The van der Waals surface area contributed by atoms with Gasteiger partial charge in [-0.15, -0.1) is 0 Å². The normalized spacial score (nSPS) is 13.9. The molecule has 1 unspecified atom stereocenters. The summed E-state index contributed by atoms with van der Waals surface area (Å²) in [7, 11) is 1.60. The Hall–Kier alpha value is -4.44. The van der Waals surface area contributed by atoms with E-state index in [1.165, 1.54) is 4.90 Å². The maximum atomic E-state index is 13.3. The van der Waals surface area contributed by atoms with Gasteiger partial charge in [0, 0.05) is 48.9 Å². The molecule has 10 heteroatoms. The van der Waals surface area contributed by atoms with Crippen molar-refractivity contribution >= 4 is 40.3 Å². The molecule has 5 rings (SSSR count). The van der Waals surface area contributed by atoms with Crippen molar-refractivity contribution < 1.29 is 19.5 Å². The third-order valence-corrected chi connectivity index (χ3v) is 7.50. The summed E-state index contributed by atoms with van der Waals surface area (Å²) in [5.74, 6) is -0.905.